The zero-order valence-electron chi connectivity index (χ0n) is 17.9. The van der Waals surface area contributed by atoms with E-state index in [0.29, 0.717) is 40.2 Å². The quantitative estimate of drug-likeness (QED) is 0.490. The van der Waals surface area contributed by atoms with Crippen molar-refractivity contribution in [1.29, 1.82) is 0 Å². The Morgan fingerprint density at radius 3 is 2.44 bits per heavy atom. The van der Waals surface area contributed by atoms with Crippen molar-refractivity contribution >= 4 is 57.2 Å². The Labute approximate surface area is 200 Å². The Kier molecular flexibility index (Phi) is 8.05. The van der Waals surface area contributed by atoms with Gasteiger partial charge in [-0.1, -0.05) is 17.7 Å². The number of esters is 2. The zero-order chi connectivity index (χ0) is 23.4. The molecule has 0 atom stereocenters. The van der Waals surface area contributed by atoms with E-state index in [9.17, 15) is 14.0 Å². The molecule has 0 aliphatic carbocycles. The standard InChI is InChI=1S/C21H23ClFN3O4S2/c1-12-16(19(27)29-2)18(32-17(12)20(28)30-3)24-21(31)26-8-6-25(7-9-26)11-13-4-5-15(23)14(22)10-13/h4-5,10H,6-9,11H2,1-3H3,(H,24,31). The lowest BCUT2D eigenvalue weighted by atomic mass is 10.1. The molecule has 2 heterocycles. The molecule has 7 nitrogen and oxygen atoms in total. The molecule has 11 heteroatoms. The molecule has 0 amide bonds. The molecule has 0 unspecified atom stereocenters. The van der Waals surface area contributed by atoms with E-state index in [4.69, 9.17) is 33.3 Å². The fraction of sp³-hybridized carbons (Fsp3) is 0.381. The summed E-state index contributed by atoms with van der Waals surface area (Å²) in [5, 5.41) is 4.12. The number of rotatable bonds is 5. The molecular formula is C21H23ClFN3O4S2. The van der Waals surface area contributed by atoms with Crippen molar-refractivity contribution in [2.24, 2.45) is 0 Å². The van der Waals surface area contributed by atoms with Gasteiger partial charge >= 0.3 is 11.9 Å². The number of ether oxygens (including phenoxy) is 2. The smallest absolute Gasteiger partial charge is 0.348 e. The van der Waals surface area contributed by atoms with Gasteiger partial charge in [-0.2, -0.15) is 0 Å². The number of anilines is 1. The van der Waals surface area contributed by atoms with Gasteiger partial charge < -0.3 is 19.7 Å². The number of thiocarbonyl (C=S) groups is 1. The summed E-state index contributed by atoms with van der Waals surface area (Å²) in [5.74, 6) is -1.50. The number of nitrogens with one attached hydrogen (secondary N) is 1. The van der Waals surface area contributed by atoms with Gasteiger partial charge in [0, 0.05) is 32.7 Å². The van der Waals surface area contributed by atoms with Crippen LogP contribution in [0.25, 0.3) is 0 Å². The summed E-state index contributed by atoms with van der Waals surface area (Å²) in [6, 6.07) is 4.74. The number of thiophene rings is 1. The number of benzene rings is 1. The van der Waals surface area contributed by atoms with Gasteiger partial charge in [0.05, 0.1) is 24.8 Å². The molecule has 1 aromatic carbocycles. The second-order valence-electron chi connectivity index (χ2n) is 7.19. The van der Waals surface area contributed by atoms with E-state index in [0.717, 1.165) is 30.0 Å². The summed E-state index contributed by atoms with van der Waals surface area (Å²) in [6.07, 6.45) is 0. The fourth-order valence-electron chi connectivity index (χ4n) is 3.42. The van der Waals surface area contributed by atoms with E-state index in [1.54, 1.807) is 19.1 Å². The third-order valence-corrected chi connectivity index (χ3v) is 7.01. The number of carbonyl (C=O) groups excluding carboxylic acids is 2. The molecule has 1 aromatic heterocycles. The molecule has 3 rings (SSSR count). The lowest BCUT2D eigenvalue weighted by molar-refractivity contribution is 0.0601. The molecule has 0 bridgehead atoms. The first-order chi connectivity index (χ1) is 15.2. The first-order valence-corrected chi connectivity index (χ1v) is 11.4. The van der Waals surface area contributed by atoms with Crippen molar-refractivity contribution in [2.45, 2.75) is 13.5 Å². The summed E-state index contributed by atoms with van der Waals surface area (Å²) < 4.78 is 23.0. The SMILES string of the molecule is COC(=O)c1sc(NC(=S)N2CCN(Cc3ccc(F)c(Cl)c3)CC2)c(C(=O)OC)c1C. The highest BCUT2D eigenvalue weighted by Crippen LogP contribution is 2.34. The van der Waals surface area contributed by atoms with Crippen molar-refractivity contribution in [3.8, 4) is 0 Å². The average Bonchev–Trinajstić information content (AvgIpc) is 3.11. The van der Waals surface area contributed by atoms with Crippen molar-refractivity contribution in [3.05, 3.63) is 50.6 Å². The summed E-state index contributed by atoms with van der Waals surface area (Å²) in [4.78, 5) is 28.9. The van der Waals surface area contributed by atoms with E-state index in [1.807, 2.05) is 4.90 Å². The Bertz CT molecular complexity index is 1040. The third-order valence-electron chi connectivity index (χ3n) is 5.18. The van der Waals surface area contributed by atoms with Crippen LogP contribution in [0, 0.1) is 12.7 Å². The van der Waals surface area contributed by atoms with Crippen molar-refractivity contribution in [3.63, 3.8) is 0 Å². The molecule has 1 aliphatic rings. The van der Waals surface area contributed by atoms with Crippen LogP contribution in [-0.2, 0) is 16.0 Å². The monoisotopic (exact) mass is 499 g/mol. The van der Waals surface area contributed by atoms with Gasteiger partial charge in [0.15, 0.2) is 5.11 Å². The van der Waals surface area contributed by atoms with E-state index >= 15 is 0 Å². The Balaban J connectivity index is 1.65. The minimum absolute atomic E-state index is 0.116. The average molecular weight is 500 g/mol. The largest absolute Gasteiger partial charge is 0.465 e. The molecule has 1 N–H and O–H groups in total. The first-order valence-electron chi connectivity index (χ1n) is 9.77. The van der Waals surface area contributed by atoms with Crippen LogP contribution in [0.2, 0.25) is 5.02 Å². The molecule has 0 radical (unpaired) electrons. The predicted octanol–water partition coefficient (Wildman–Crippen LogP) is 3.94. The molecule has 32 heavy (non-hydrogen) atoms. The van der Waals surface area contributed by atoms with Crippen LogP contribution in [0.1, 0.15) is 31.2 Å². The molecule has 0 saturated carbocycles. The highest BCUT2D eigenvalue weighted by atomic mass is 35.5. The van der Waals surface area contributed by atoms with Gasteiger partial charge in [-0.3, -0.25) is 4.90 Å². The number of halogens is 2. The molecule has 0 spiro atoms. The van der Waals surface area contributed by atoms with Crippen LogP contribution in [0.5, 0.6) is 0 Å². The normalized spacial score (nSPS) is 14.2. The van der Waals surface area contributed by atoms with Crippen LogP contribution >= 0.6 is 35.2 Å². The second-order valence-corrected chi connectivity index (χ2v) is 9.00. The Morgan fingerprint density at radius 1 is 1.19 bits per heavy atom. The van der Waals surface area contributed by atoms with Crippen LogP contribution in [0.15, 0.2) is 18.2 Å². The maximum Gasteiger partial charge on any atom is 0.348 e. The number of methoxy groups -OCH3 is 2. The van der Waals surface area contributed by atoms with E-state index in [1.165, 1.54) is 20.3 Å². The first kappa shape index (κ1) is 24.4. The minimum atomic E-state index is -0.554. The van der Waals surface area contributed by atoms with Gasteiger partial charge in [-0.15, -0.1) is 11.3 Å². The summed E-state index contributed by atoms with van der Waals surface area (Å²) >= 11 is 12.5. The van der Waals surface area contributed by atoms with Crippen molar-refractivity contribution < 1.29 is 23.5 Å². The molecule has 1 aliphatic heterocycles. The van der Waals surface area contributed by atoms with Crippen molar-refractivity contribution in [1.82, 2.24) is 9.80 Å². The molecule has 1 fully saturated rings. The number of hydrogen-bond acceptors (Lipinski definition) is 7. The fourth-order valence-corrected chi connectivity index (χ4v) is 5.08. The Hall–Kier alpha value is -2.27. The Morgan fingerprint density at radius 2 is 1.84 bits per heavy atom. The lowest BCUT2D eigenvalue weighted by Gasteiger charge is -2.36. The number of nitrogens with zero attached hydrogens (tertiary/aromatic N) is 2. The summed E-state index contributed by atoms with van der Waals surface area (Å²) in [5.41, 5.74) is 1.70. The minimum Gasteiger partial charge on any atom is -0.465 e. The zero-order valence-corrected chi connectivity index (χ0v) is 20.3. The number of hydrogen-bond donors (Lipinski definition) is 1. The lowest BCUT2D eigenvalue weighted by Crippen LogP contribution is -2.49. The van der Waals surface area contributed by atoms with Crippen LogP contribution in [0.4, 0.5) is 9.39 Å². The summed E-state index contributed by atoms with van der Waals surface area (Å²) in [6.45, 7) is 5.16. The van der Waals surface area contributed by atoms with E-state index in [-0.39, 0.29) is 10.6 Å². The van der Waals surface area contributed by atoms with Gasteiger partial charge in [-0.25, -0.2) is 14.0 Å². The van der Waals surface area contributed by atoms with Gasteiger partial charge in [0.1, 0.15) is 15.7 Å². The van der Waals surface area contributed by atoms with Crippen LogP contribution in [0.3, 0.4) is 0 Å². The van der Waals surface area contributed by atoms with E-state index < -0.39 is 17.8 Å². The molecule has 2 aromatic rings. The molecule has 172 valence electrons. The maximum atomic E-state index is 13.4. The topological polar surface area (TPSA) is 71.1 Å². The highest BCUT2D eigenvalue weighted by Gasteiger charge is 2.27. The highest BCUT2D eigenvalue weighted by molar-refractivity contribution is 7.80. The van der Waals surface area contributed by atoms with Crippen LogP contribution in [-0.4, -0.2) is 67.2 Å². The molecule has 1 saturated heterocycles. The van der Waals surface area contributed by atoms with E-state index in [2.05, 4.69) is 10.2 Å². The second kappa shape index (κ2) is 10.6. The summed E-state index contributed by atoms with van der Waals surface area (Å²) in [7, 11) is 2.57. The van der Waals surface area contributed by atoms with Gasteiger partial charge in [-0.05, 0) is 42.4 Å². The predicted molar refractivity (Wildman–Crippen MR) is 126 cm³/mol. The third kappa shape index (κ3) is 5.37. The van der Waals surface area contributed by atoms with Crippen LogP contribution < -0.4 is 5.32 Å². The maximum absolute atomic E-state index is 13.4. The van der Waals surface area contributed by atoms with Gasteiger partial charge in [0.25, 0.3) is 0 Å². The van der Waals surface area contributed by atoms with Gasteiger partial charge in [0.2, 0.25) is 0 Å². The number of carbonyl (C=O) groups is 2. The van der Waals surface area contributed by atoms with Crippen molar-refractivity contribution in [2.75, 3.05) is 45.7 Å². The number of piperazine rings is 1. The molecular weight excluding hydrogens is 477 g/mol.